The zero-order valence-corrected chi connectivity index (χ0v) is 11.7. The highest BCUT2D eigenvalue weighted by Crippen LogP contribution is 2.18. The number of aryl methyl sites for hydroxylation is 1. The summed E-state index contributed by atoms with van der Waals surface area (Å²) in [6, 6.07) is 8.63. The number of hydrogen-bond acceptors (Lipinski definition) is 2. The second-order valence-electron chi connectivity index (χ2n) is 5.91. The molecule has 0 saturated carbocycles. The molecule has 18 heavy (non-hydrogen) atoms. The maximum Gasteiger partial charge on any atom is 0.0731 e. The minimum Gasteiger partial charge on any atom is -0.312 e. The van der Waals surface area contributed by atoms with Crippen LogP contribution in [0, 0.1) is 6.92 Å². The predicted molar refractivity (Wildman–Crippen MR) is 77.9 cm³/mol. The number of benzene rings is 1. The molecule has 0 bridgehead atoms. The first-order chi connectivity index (χ1) is 8.46. The number of rotatable bonds is 3. The van der Waals surface area contributed by atoms with Crippen molar-refractivity contribution in [2.24, 2.45) is 0 Å². The first kappa shape index (κ1) is 13.0. The van der Waals surface area contributed by atoms with Gasteiger partial charge < -0.3 is 5.32 Å². The average molecular weight is 242 g/mol. The minimum atomic E-state index is 0.188. The maximum absolute atomic E-state index is 4.43. The van der Waals surface area contributed by atoms with Gasteiger partial charge in [0, 0.05) is 17.1 Å². The van der Waals surface area contributed by atoms with Crippen LogP contribution in [0.3, 0.4) is 0 Å². The lowest BCUT2D eigenvalue weighted by Gasteiger charge is -2.20. The summed E-state index contributed by atoms with van der Waals surface area (Å²) in [5.74, 6) is 0. The highest BCUT2D eigenvalue weighted by molar-refractivity contribution is 5.82. The van der Waals surface area contributed by atoms with E-state index in [1.807, 2.05) is 12.3 Å². The van der Waals surface area contributed by atoms with E-state index in [9.17, 15) is 0 Å². The molecule has 2 aromatic rings. The fourth-order valence-corrected chi connectivity index (χ4v) is 2.18. The van der Waals surface area contributed by atoms with Crippen LogP contribution in [0.1, 0.15) is 31.9 Å². The summed E-state index contributed by atoms with van der Waals surface area (Å²) in [4.78, 5) is 4.43. The van der Waals surface area contributed by atoms with Gasteiger partial charge in [0.05, 0.1) is 5.52 Å². The summed E-state index contributed by atoms with van der Waals surface area (Å²) in [6.45, 7) is 9.73. The molecule has 1 aromatic carbocycles. The van der Waals surface area contributed by atoms with E-state index in [-0.39, 0.29) is 5.54 Å². The van der Waals surface area contributed by atoms with E-state index in [1.54, 1.807) is 0 Å². The smallest absolute Gasteiger partial charge is 0.0731 e. The Morgan fingerprint density at radius 1 is 1.22 bits per heavy atom. The van der Waals surface area contributed by atoms with Crippen molar-refractivity contribution in [2.45, 2.75) is 39.7 Å². The Morgan fingerprint density at radius 2 is 2.00 bits per heavy atom. The van der Waals surface area contributed by atoms with Crippen LogP contribution in [0.2, 0.25) is 0 Å². The summed E-state index contributed by atoms with van der Waals surface area (Å²) in [6.07, 6.45) is 2.92. The molecule has 2 rings (SSSR count). The summed E-state index contributed by atoms with van der Waals surface area (Å²) < 4.78 is 0. The van der Waals surface area contributed by atoms with E-state index >= 15 is 0 Å². The molecule has 0 spiro atoms. The fourth-order valence-electron chi connectivity index (χ4n) is 2.18. The maximum atomic E-state index is 4.43. The zero-order valence-electron chi connectivity index (χ0n) is 11.7. The van der Waals surface area contributed by atoms with Crippen LogP contribution in [0.15, 0.2) is 30.5 Å². The monoisotopic (exact) mass is 242 g/mol. The van der Waals surface area contributed by atoms with Crippen molar-refractivity contribution in [1.82, 2.24) is 10.3 Å². The van der Waals surface area contributed by atoms with E-state index in [4.69, 9.17) is 0 Å². The summed E-state index contributed by atoms with van der Waals surface area (Å²) >= 11 is 0. The lowest BCUT2D eigenvalue weighted by atomic mass is 10.0. The number of hydrogen-bond donors (Lipinski definition) is 1. The van der Waals surface area contributed by atoms with Gasteiger partial charge >= 0.3 is 0 Å². The molecule has 0 amide bonds. The highest BCUT2D eigenvalue weighted by Gasteiger charge is 2.08. The topological polar surface area (TPSA) is 24.9 Å². The summed E-state index contributed by atoms with van der Waals surface area (Å²) in [5.41, 5.74) is 3.95. The van der Waals surface area contributed by atoms with Crippen LogP contribution in [0.25, 0.3) is 10.9 Å². The molecule has 0 atom stereocenters. The van der Waals surface area contributed by atoms with E-state index in [0.717, 1.165) is 18.5 Å². The molecule has 1 aromatic heterocycles. The first-order valence-corrected chi connectivity index (χ1v) is 6.55. The standard InChI is InChI=1S/C16H22N2/c1-12-10-13(7-9-18-16(2,3)4)11-14-6-5-8-17-15(12)14/h5-6,8,10-11,18H,7,9H2,1-4H3. The van der Waals surface area contributed by atoms with E-state index in [1.165, 1.54) is 16.5 Å². The van der Waals surface area contributed by atoms with Crippen molar-refractivity contribution in [3.8, 4) is 0 Å². The third kappa shape index (κ3) is 3.30. The molecule has 96 valence electrons. The zero-order chi connectivity index (χ0) is 13.2. The van der Waals surface area contributed by atoms with Crippen LogP contribution < -0.4 is 5.32 Å². The largest absolute Gasteiger partial charge is 0.312 e. The Labute approximate surface area is 109 Å². The van der Waals surface area contributed by atoms with Gasteiger partial charge in [-0.1, -0.05) is 12.1 Å². The molecule has 2 heteroatoms. The van der Waals surface area contributed by atoms with Crippen molar-refractivity contribution >= 4 is 10.9 Å². The molecule has 0 aliphatic heterocycles. The summed E-state index contributed by atoms with van der Waals surface area (Å²) in [5, 5.41) is 4.76. The van der Waals surface area contributed by atoms with E-state index in [0.29, 0.717) is 0 Å². The lowest BCUT2D eigenvalue weighted by molar-refractivity contribution is 0.429. The molecular weight excluding hydrogens is 220 g/mol. The summed E-state index contributed by atoms with van der Waals surface area (Å²) in [7, 11) is 0. The number of pyridine rings is 1. The van der Waals surface area contributed by atoms with Gasteiger partial charge in [0.25, 0.3) is 0 Å². The Hall–Kier alpha value is -1.41. The Bertz CT molecular complexity index is 538. The molecule has 0 saturated heterocycles. The van der Waals surface area contributed by atoms with E-state index in [2.05, 4.69) is 56.2 Å². The fraction of sp³-hybridized carbons (Fsp3) is 0.438. The first-order valence-electron chi connectivity index (χ1n) is 6.55. The lowest BCUT2D eigenvalue weighted by Crippen LogP contribution is -2.37. The normalized spacial score (nSPS) is 12.0. The van der Waals surface area contributed by atoms with Crippen molar-refractivity contribution in [3.05, 3.63) is 41.6 Å². The third-order valence-electron chi connectivity index (χ3n) is 3.02. The molecule has 0 aliphatic rings. The quantitative estimate of drug-likeness (QED) is 0.891. The van der Waals surface area contributed by atoms with Crippen LogP contribution in [-0.4, -0.2) is 17.1 Å². The van der Waals surface area contributed by atoms with Gasteiger partial charge in [-0.3, -0.25) is 4.98 Å². The third-order valence-corrected chi connectivity index (χ3v) is 3.02. The van der Waals surface area contributed by atoms with Gasteiger partial charge in [-0.25, -0.2) is 0 Å². The Balaban J connectivity index is 2.15. The second kappa shape index (κ2) is 5.07. The number of aromatic nitrogens is 1. The van der Waals surface area contributed by atoms with Gasteiger partial charge in [-0.05, 0) is 63.9 Å². The number of nitrogens with one attached hydrogen (secondary N) is 1. The predicted octanol–water partition coefficient (Wildman–Crippen LogP) is 3.47. The molecule has 0 radical (unpaired) electrons. The van der Waals surface area contributed by atoms with Crippen LogP contribution in [-0.2, 0) is 6.42 Å². The second-order valence-corrected chi connectivity index (χ2v) is 5.91. The van der Waals surface area contributed by atoms with Crippen LogP contribution in [0.5, 0.6) is 0 Å². The molecule has 0 aliphatic carbocycles. The van der Waals surface area contributed by atoms with Crippen molar-refractivity contribution in [3.63, 3.8) is 0 Å². The van der Waals surface area contributed by atoms with Crippen molar-refractivity contribution < 1.29 is 0 Å². The van der Waals surface area contributed by atoms with Crippen LogP contribution >= 0.6 is 0 Å². The molecule has 1 N–H and O–H groups in total. The van der Waals surface area contributed by atoms with E-state index < -0.39 is 0 Å². The number of nitrogens with zero attached hydrogens (tertiary/aromatic N) is 1. The number of fused-ring (bicyclic) bond motifs is 1. The molecule has 0 fully saturated rings. The van der Waals surface area contributed by atoms with Gasteiger partial charge in [0.1, 0.15) is 0 Å². The molecule has 0 unspecified atom stereocenters. The van der Waals surface area contributed by atoms with Gasteiger partial charge in [0.15, 0.2) is 0 Å². The van der Waals surface area contributed by atoms with Gasteiger partial charge in [0.2, 0.25) is 0 Å². The van der Waals surface area contributed by atoms with Gasteiger partial charge in [-0.2, -0.15) is 0 Å². The van der Waals surface area contributed by atoms with Crippen LogP contribution in [0.4, 0.5) is 0 Å². The average Bonchev–Trinajstić information content (AvgIpc) is 2.27. The highest BCUT2D eigenvalue weighted by atomic mass is 14.9. The van der Waals surface area contributed by atoms with Crippen molar-refractivity contribution in [1.29, 1.82) is 0 Å². The SMILES string of the molecule is Cc1cc(CCNC(C)(C)C)cc2cccnc12. The minimum absolute atomic E-state index is 0.188. The Morgan fingerprint density at radius 3 is 2.72 bits per heavy atom. The molecule has 1 heterocycles. The Kier molecular flexibility index (Phi) is 3.67. The molecular formula is C16H22N2. The van der Waals surface area contributed by atoms with Crippen molar-refractivity contribution in [2.75, 3.05) is 6.54 Å². The molecule has 2 nitrogen and oxygen atoms in total. The van der Waals surface area contributed by atoms with Gasteiger partial charge in [-0.15, -0.1) is 0 Å².